The Hall–Kier alpha value is -1.24. The molecule has 0 bridgehead atoms. The van der Waals surface area contributed by atoms with Crippen LogP contribution in [0.15, 0.2) is 36.1 Å². The predicted octanol–water partition coefficient (Wildman–Crippen LogP) is 6.86. The minimum absolute atomic E-state index is 0.688. The Morgan fingerprint density at radius 2 is 1.39 bits per heavy atom. The quantitative estimate of drug-likeness (QED) is 0.602. The minimum atomic E-state index is 0.688. The van der Waals surface area contributed by atoms with Gasteiger partial charge in [0.25, 0.3) is 0 Å². The van der Waals surface area contributed by atoms with Gasteiger partial charge in [0.1, 0.15) is 0 Å². The zero-order chi connectivity index (χ0) is 16.1. The number of aliphatic hydroxyl groups is 1. The van der Waals surface area contributed by atoms with Crippen LogP contribution in [0.3, 0.4) is 0 Å². The highest BCUT2D eigenvalue weighted by Gasteiger charge is 2.23. The van der Waals surface area contributed by atoms with Crippen LogP contribution in [0.1, 0.15) is 94.1 Å². The van der Waals surface area contributed by atoms with Crippen molar-refractivity contribution in [2.24, 2.45) is 5.92 Å². The van der Waals surface area contributed by atoms with Gasteiger partial charge in [-0.2, -0.15) is 0 Å². The van der Waals surface area contributed by atoms with Crippen LogP contribution in [-0.2, 0) is 0 Å². The van der Waals surface area contributed by atoms with E-state index in [1.165, 1.54) is 68.8 Å². The standard InChI is InChI=1S/C22H32O/c1-2-3-17-4-8-19(9-5-17)21-12-14-22(15-13-21)20-10-6-18(16-23)7-11-20/h12-17,19-20,23H,2-11H2,1H3. The molecule has 126 valence electrons. The van der Waals surface area contributed by atoms with Gasteiger partial charge in [0.05, 0.1) is 6.26 Å². The summed E-state index contributed by atoms with van der Waals surface area (Å²) in [5.74, 6) is 2.48. The van der Waals surface area contributed by atoms with Crippen molar-refractivity contribution in [3.63, 3.8) is 0 Å². The fourth-order valence-corrected chi connectivity index (χ4v) is 4.68. The van der Waals surface area contributed by atoms with Crippen molar-refractivity contribution >= 4 is 0 Å². The van der Waals surface area contributed by atoms with Gasteiger partial charge in [-0.05, 0) is 85.8 Å². The summed E-state index contributed by atoms with van der Waals surface area (Å²) >= 11 is 0. The summed E-state index contributed by atoms with van der Waals surface area (Å²) in [6, 6.07) is 9.56. The van der Waals surface area contributed by atoms with E-state index in [0.717, 1.165) is 24.7 Å². The lowest BCUT2D eigenvalue weighted by atomic mass is 9.76. The van der Waals surface area contributed by atoms with Gasteiger partial charge in [-0.25, -0.2) is 0 Å². The molecule has 2 fully saturated rings. The predicted molar refractivity (Wildman–Crippen MR) is 98.0 cm³/mol. The third-order valence-corrected chi connectivity index (χ3v) is 6.23. The minimum Gasteiger partial charge on any atom is -0.516 e. The molecule has 2 aliphatic carbocycles. The zero-order valence-corrected chi connectivity index (χ0v) is 14.6. The van der Waals surface area contributed by atoms with Gasteiger partial charge in [0.15, 0.2) is 0 Å². The summed E-state index contributed by atoms with van der Waals surface area (Å²) in [5, 5.41) is 9.12. The van der Waals surface area contributed by atoms with Crippen LogP contribution < -0.4 is 0 Å². The molecule has 0 saturated heterocycles. The summed E-state index contributed by atoms with van der Waals surface area (Å²) in [6.45, 7) is 2.31. The van der Waals surface area contributed by atoms with Crippen LogP contribution in [0, 0.1) is 5.92 Å². The van der Waals surface area contributed by atoms with Crippen molar-refractivity contribution in [1.29, 1.82) is 0 Å². The number of hydrogen-bond donors (Lipinski definition) is 1. The lowest BCUT2D eigenvalue weighted by Gasteiger charge is -2.29. The summed E-state index contributed by atoms with van der Waals surface area (Å²) < 4.78 is 0. The van der Waals surface area contributed by atoms with Crippen molar-refractivity contribution < 1.29 is 5.11 Å². The van der Waals surface area contributed by atoms with Gasteiger partial charge in [0.2, 0.25) is 0 Å². The van der Waals surface area contributed by atoms with Crippen molar-refractivity contribution in [2.75, 3.05) is 0 Å². The molecule has 0 aromatic heterocycles. The van der Waals surface area contributed by atoms with Crippen LogP contribution in [-0.4, -0.2) is 5.11 Å². The molecule has 1 N–H and O–H groups in total. The first-order valence-corrected chi connectivity index (χ1v) is 9.72. The highest BCUT2D eigenvalue weighted by Crippen LogP contribution is 2.39. The molecule has 0 aliphatic heterocycles. The lowest BCUT2D eigenvalue weighted by molar-refractivity contribution is 0.308. The molecule has 0 amide bonds. The highest BCUT2D eigenvalue weighted by molar-refractivity contribution is 5.29. The van der Waals surface area contributed by atoms with E-state index in [1.807, 2.05) is 0 Å². The fraction of sp³-hybridized carbons (Fsp3) is 0.636. The van der Waals surface area contributed by atoms with E-state index in [2.05, 4.69) is 31.2 Å². The topological polar surface area (TPSA) is 20.2 Å². The summed E-state index contributed by atoms with van der Waals surface area (Å²) in [6.07, 6.45) is 14.2. The lowest BCUT2D eigenvalue weighted by Crippen LogP contribution is -2.13. The van der Waals surface area contributed by atoms with Gasteiger partial charge in [-0.15, -0.1) is 0 Å². The van der Waals surface area contributed by atoms with Crippen LogP contribution in [0.25, 0.3) is 0 Å². The largest absolute Gasteiger partial charge is 0.516 e. The summed E-state index contributed by atoms with van der Waals surface area (Å²) in [5.41, 5.74) is 4.29. The monoisotopic (exact) mass is 312 g/mol. The number of aliphatic hydroxyl groups excluding tert-OH is 1. The van der Waals surface area contributed by atoms with Crippen LogP contribution >= 0.6 is 0 Å². The third kappa shape index (κ3) is 4.19. The van der Waals surface area contributed by atoms with E-state index in [-0.39, 0.29) is 0 Å². The van der Waals surface area contributed by atoms with E-state index >= 15 is 0 Å². The Morgan fingerprint density at radius 3 is 1.87 bits per heavy atom. The van der Waals surface area contributed by atoms with Crippen molar-refractivity contribution in [1.82, 2.24) is 0 Å². The molecule has 0 heterocycles. The first-order valence-electron chi connectivity index (χ1n) is 9.72. The highest BCUT2D eigenvalue weighted by atomic mass is 16.2. The van der Waals surface area contributed by atoms with E-state index in [1.54, 1.807) is 5.56 Å². The number of hydrogen-bond acceptors (Lipinski definition) is 1. The maximum absolute atomic E-state index is 9.12. The second kappa shape index (κ2) is 8.04. The molecule has 1 aromatic carbocycles. The van der Waals surface area contributed by atoms with Crippen molar-refractivity contribution in [2.45, 2.75) is 83.0 Å². The zero-order valence-electron chi connectivity index (χ0n) is 14.6. The molecule has 0 radical (unpaired) electrons. The maximum atomic E-state index is 9.12. The molecule has 1 nitrogen and oxygen atoms in total. The first kappa shape index (κ1) is 16.6. The molecule has 3 rings (SSSR count). The second-order valence-electron chi connectivity index (χ2n) is 7.73. The van der Waals surface area contributed by atoms with Gasteiger partial charge in [-0.3, -0.25) is 0 Å². The second-order valence-corrected chi connectivity index (χ2v) is 7.73. The number of allylic oxidation sites excluding steroid dienone is 1. The molecular weight excluding hydrogens is 280 g/mol. The van der Waals surface area contributed by atoms with Crippen LogP contribution in [0.2, 0.25) is 0 Å². The van der Waals surface area contributed by atoms with Gasteiger partial charge >= 0.3 is 0 Å². The number of benzene rings is 1. The molecule has 1 heteroatoms. The molecule has 0 atom stereocenters. The van der Waals surface area contributed by atoms with Crippen LogP contribution in [0.4, 0.5) is 0 Å². The number of rotatable bonds is 4. The Kier molecular flexibility index (Phi) is 5.80. The normalized spacial score (nSPS) is 28.6. The maximum Gasteiger partial charge on any atom is 0.0783 e. The third-order valence-electron chi connectivity index (χ3n) is 6.23. The van der Waals surface area contributed by atoms with E-state index in [4.69, 9.17) is 5.11 Å². The first-order chi connectivity index (χ1) is 11.3. The van der Waals surface area contributed by atoms with Crippen molar-refractivity contribution in [3.05, 3.63) is 47.2 Å². The Balaban J connectivity index is 1.55. The Bertz CT molecular complexity index is 495. The molecule has 23 heavy (non-hydrogen) atoms. The fourth-order valence-electron chi connectivity index (χ4n) is 4.68. The molecule has 2 saturated carbocycles. The van der Waals surface area contributed by atoms with Gasteiger partial charge in [-0.1, -0.05) is 44.0 Å². The molecule has 0 spiro atoms. The summed E-state index contributed by atoms with van der Waals surface area (Å²) in [7, 11) is 0. The molecule has 0 unspecified atom stereocenters. The van der Waals surface area contributed by atoms with Crippen LogP contribution in [0.5, 0.6) is 0 Å². The van der Waals surface area contributed by atoms with E-state index in [0.29, 0.717) is 5.92 Å². The van der Waals surface area contributed by atoms with Gasteiger partial charge < -0.3 is 5.11 Å². The Labute approximate surface area is 141 Å². The van der Waals surface area contributed by atoms with Gasteiger partial charge in [0, 0.05) is 0 Å². The SMILES string of the molecule is CCCC1CCC(c2ccc(C3CCC(=CO)CC3)cc2)CC1. The van der Waals surface area contributed by atoms with Crippen molar-refractivity contribution in [3.8, 4) is 0 Å². The average Bonchev–Trinajstić information content (AvgIpc) is 2.63. The molecule has 2 aliphatic rings. The van der Waals surface area contributed by atoms with E-state index in [9.17, 15) is 0 Å². The molecule has 1 aromatic rings. The Morgan fingerprint density at radius 1 is 0.870 bits per heavy atom. The van der Waals surface area contributed by atoms with E-state index < -0.39 is 0 Å². The summed E-state index contributed by atoms with van der Waals surface area (Å²) in [4.78, 5) is 0. The smallest absolute Gasteiger partial charge is 0.0783 e. The molecular formula is C22H32O. The average molecular weight is 312 g/mol.